The summed E-state index contributed by atoms with van der Waals surface area (Å²) in [6.07, 6.45) is 9.66. The molecular formula is C23H30INO3. The van der Waals surface area contributed by atoms with E-state index < -0.39 is 0 Å². The fraction of sp³-hybridized carbons (Fsp3) is 0.739. The van der Waals surface area contributed by atoms with Crippen molar-refractivity contribution >= 4 is 42.3 Å². The maximum Gasteiger partial charge on any atom is 0.189 e. The smallest absolute Gasteiger partial charge is 0.189 e. The van der Waals surface area contributed by atoms with Gasteiger partial charge in [0.15, 0.2) is 5.90 Å². The van der Waals surface area contributed by atoms with Crippen LogP contribution >= 0.6 is 20.7 Å². The minimum Gasteiger partial charge on any atom is -0.471 e. The number of allylic oxidation sites excluding steroid dienone is 2. The second-order valence-electron chi connectivity index (χ2n) is 9.95. The Morgan fingerprint density at radius 2 is 2.04 bits per heavy atom. The number of nitrogens with zero attached hydrogens (tertiary/aromatic N) is 1. The molecule has 6 atom stereocenters. The first kappa shape index (κ1) is 19.1. The first-order valence-corrected chi connectivity index (χ1v) is 13.5. The molecule has 152 valence electrons. The van der Waals surface area contributed by atoms with E-state index in [2.05, 4.69) is 24.9 Å². The number of carbonyl (C=O) groups excluding carboxylic acids is 2. The van der Waals surface area contributed by atoms with Gasteiger partial charge in [-0.3, -0.25) is 9.59 Å². The van der Waals surface area contributed by atoms with Crippen LogP contribution in [0.15, 0.2) is 16.6 Å². The quantitative estimate of drug-likeness (QED) is 0.314. The number of Topliss-reactive ketones (excluding diaryl/α,β-unsaturated/α-hetero) is 2. The van der Waals surface area contributed by atoms with Crippen molar-refractivity contribution in [2.45, 2.75) is 65.2 Å². The van der Waals surface area contributed by atoms with Crippen molar-refractivity contribution < 1.29 is 14.3 Å². The molecule has 0 bridgehead atoms. The van der Waals surface area contributed by atoms with E-state index in [1.165, 1.54) is 5.57 Å². The molecule has 0 amide bonds. The standard InChI is InChI=1S/C23H30INO3/c1-22-8-7-18-16(17(22)5-6-20(22)27)4-3-15-10-19(26)14(11-23(15,18)2)9-21-25-12-24-13-28-21/h3,12,14,16-18H,4-11,13H2,1-2H3. The zero-order valence-corrected chi connectivity index (χ0v) is 19.0. The van der Waals surface area contributed by atoms with E-state index in [-0.39, 0.29) is 37.5 Å². The fourth-order valence-corrected chi connectivity index (χ4v) is 8.41. The highest BCUT2D eigenvalue weighted by Crippen LogP contribution is 2.64. The molecule has 0 aromatic carbocycles. The van der Waals surface area contributed by atoms with Gasteiger partial charge < -0.3 is 4.74 Å². The van der Waals surface area contributed by atoms with Gasteiger partial charge in [0.2, 0.25) is 0 Å². The first-order chi connectivity index (χ1) is 13.4. The van der Waals surface area contributed by atoms with E-state index >= 15 is 0 Å². The Morgan fingerprint density at radius 1 is 1.21 bits per heavy atom. The zero-order valence-electron chi connectivity index (χ0n) is 16.9. The van der Waals surface area contributed by atoms with Crippen LogP contribution < -0.4 is 0 Å². The summed E-state index contributed by atoms with van der Waals surface area (Å²) in [7, 11) is 0. The first-order valence-electron chi connectivity index (χ1n) is 10.8. The van der Waals surface area contributed by atoms with Crippen LogP contribution in [0, 0.1) is 34.5 Å². The SMILES string of the molecule is CC12CCC3C(CC=C4CC(=O)C(CC5=NC=ICO5)CC43C)C1CCC2=O. The molecule has 0 N–H and O–H groups in total. The van der Waals surface area contributed by atoms with Gasteiger partial charge in [-0.05, 0) is 55.3 Å². The second-order valence-corrected chi connectivity index (χ2v) is 12.0. The molecule has 3 saturated carbocycles. The Kier molecular flexibility index (Phi) is 4.68. The van der Waals surface area contributed by atoms with E-state index in [4.69, 9.17) is 4.74 Å². The lowest BCUT2D eigenvalue weighted by molar-refractivity contribution is -0.133. The van der Waals surface area contributed by atoms with Gasteiger partial charge in [-0.2, -0.15) is 0 Å². The molecule has 0 saturated heterocycles. The lowest BCUT2D eigenvalue weighted by Crippen LogP contribution is -2.51. The lowest BCUT2D eigenvalue weighted by atomic mass is 9.47. The number of ether oxygens (including phenoxy) is 1. The van der Waals surface area contributed by atoms with Gasteiger partial charge in [0.25, 0.3) is 0 Å². The van der Waals surface area contributed by atoms with Crippen LogP contribution in [0.2, 0.25) is 0 Å². The Hall–Kier alpha value is -0.850. The predicted octanol–water partition coefficient (Wildman–Crippen LogP) is 4.82. The van der Waals surface area contributed by atoms with Gasteiger partial charge in [-0.25, -0.2) is 4.99 Å². The third-order valence-electron chi connectivity index (χ3n) is 8.79. The number of hydrogen-bond acceptors (Lipinski definition) is 4. The highest BCUT2D eigenvalue weighted by atomic mass is 127. The molecule has 4 nitrogen and oxygen atoms in total. The minimum atomic E-state index is -0.0870. The molecular weight excluding hydrogens is 465 g/mol. The van der Waals surface area contributed by atoms with Gasteiger partial charge in [-0.1, -0.05) is 46.2 Å². The molecule has 1 aliphatic heterocycles. The molecule has 5 rings (SSSR count). The Morgan fingerprint density at radius 3 is 2.82 bits per heavy atom. The maximum atomic E-state index is 12.9. The summed E-state index contributed by atoms with van der Waals surface area (Å²) in [5.74, 6) is 3.42. The van der Waals surface area contributed by atoms with Crippen molar-refractivity contribution in [1.82, 2.24) is 0 Å². The number of rotatable bonds is 2. The fourth-order valence-electron chi connectivity index (χ4n) is 7.20. The highest BCUT2D eigenvalue weighted by Gasteiger charge is 2.59. The summed E-state index contributed by atoms with van der Waals surface area (Å²) < 4.78 is 8.56. The summed E-state index contributed by atoms with van der Waals surface area (Å²) in [6, 6.07) is 0. The Balaban J connectivity index is 1.42. The van der Waals surface area contributed by atoms with Gasteiger partial charge >= 0.3 is 0 Å². The van der Waals surface area contributed by atoms with Gasteiger partial charge in [0.1, 0.15) is 16.2 Å². The van der Waals surface area contributed by atoms with Crippen molar-refractivity contribution in [2.75, 3.05) is 4.61 Å². The molecule has 0 aromatic rings. The van der Waals surface area contributed by atoms with Gasteiger partial charge in [-0.15, -0.1) is 0 Å². The monoisotopic (exact) mass is 495 g/mol. The number of fused-ring (bicyclic) bond motifs is 5. The van der Waals surface area contributed by atoms with Crippen molar-refractivity contribution in [3.8, 4) is 0 Å². The van der Waals surface area contributed by atoms with Crippen LogP contribution in [0.3, 0.4) is 0 Å². The van der Waals surface area contributed by atoms with E-state index in [1.54, 1.807) is 0 Å². The minimum absolute atomic E-state index is 0.0304. The van der Waals surface area contributed by atoms with Crippen molar-refractivity contribution in [3.63, 3.8) is 0 Å². The average molecular weight is 495 g/mol. The zero-order chi connectivity index (χ0) is 19.5. The van der Waals surface area contributed by atoms with Gasteiger partial charge in [0.05, 0.1) is 4.14 Å². The van der Waals surface area contributed by atoms with Crippen molar-refractivity contribution in [3.05, 3.63) is 11.6 Å². The molecule has 0 radical (unpaired) electrons. The Bertz CT molecular complexity index is 815. The molecule has 5 aliphatic rings. The lowest BCUT2D eigenvalue weighted by Gasteiger charge is -2.57. The van der Waals surface area contributed by atoms with Crippen molar-refractivity contribution in [1.29, 1.82) is 0 Å². The normalized spacial score (nSPS) is 45.1. The summed E-state index contributed by atoms with van der Waals surface area (Å²) in [6.45, 7) is 4.64. The van der Waals surface area contributed by atoms with E-state index in [1.807, 2.05) is 4.14 Å². The number of alkyl halides is 1. The molecule has 6 unspecified atom stereocenters. The van der Waals surface area contributed by atoms with Crippen LogP contribution in [-0.2, 0) is 14.3 Å². The van der Waals surface area contributed by atoms with E-state index in [0.717, 1.165) is 49.0 Å². The average Bonchev–Trinajstić information content (AvgIpc) is 2.99. The molecule has 0 spiro atoms. The summed E-state index contributed by atoms with van der Waals surface area (Å²) in [4.78, 5) is 29.9. The number of halogens is 1. The molecule has 5 heteroatoms. The van der Waals surface area contributed by atoms with Crippen LogP contribution in [0.25, 0.3) is 0 Å². The highest BCUT2D eigenvalue weighted by molar-refractivity contribution is 14.2. The summed E-state index contributed by atoms with van der Waals surface area (Å²) in [5.41, 5.74) is 1.39. The topological polar surface area (TPSA) is 55.7 Å². The number of aliphatic imine (C=N–C) groups is 1. The van der Waals surface area contributed by atoms with Crippen molar-refractivity contribution in [2.24, 2.45) is 39.5 Å². The molecule has 4 aliphatic carbocycles. The molecule has 3 fully saturated rings. The van der Waals surface area contributed by atoms with Crippen LogP contribution in [0.1, 0.15) is 65.2 Å². The molecule has 0 aromatic heterocycles. The van der Waals surface area contributed by atoms with Crippen LogP contribution in [-0.4, -0.2) is 26.2 Å². The predicted molar refractivity (Wildman–Crippen MR) is 119 cm³/mol. The third kappa shape index (κ3) is 2.82. The summed E-state index contributed by atoms with van der Waals surface area (Å²) >= 11 is -0.0538. The van der Waals surface area contributed by atoms with E-state index in [9.17, 15) is 9.59 Å². The Labute approximate surface area is 177 Å². The third-order valence-corrected chi connectivity index (χ3v) is 10.1. The second kappa shape index (κ2) is 6.85. The largest absolute Gasteiger partial charge is 0.471 e. The number of ketones is 2. The summed E-state index contributed by atoms with van der Waals surface area (Å²) in [5, 5.41) is 0. The van der Waals surface area contributed by atoms with Crippen LogP contribution in [0.5, 0.6) is 0 Å². The van der Waals surface area contributed by atoms with Gasteiger partial charge in [0, 0.05) is 30.6 Å². The maximum absolute atomic E-state index is 12.9. The number of hydrogen-bond donors (Lipinski definition) is 0. The number of carbonyl (C=O) groups is 2. The molecule has 1 heterocycles. The molecule has 28 heavy (non-hydrogen) atoms. The van der Waals surface area contributed by atoms with E-state index in [0.29, 0.717) is 42.2 Å². The van der Waals surface area contributed by atoms with Crippen LogP contribution in [0.4, 0.5) is 0 Å².